The zero-order valence-electron chi connectivity index (χ0n) is 11.6. The fourth-order valence-electron chi connectivity index (χ4n) is 2.18. The average Bonchev–Trinajstić information content (AvgIpc) is 3.22. The second-order valence-corrected chi connectivity index (χ2v) is 5.19. The van der Waals surface area contributed by atoms with Crippen LogP contribution in [0.5, 0.6) is 0 Å². The Morgan fingerprint density at radius 3 is 3.10 bits per heavy atom. The summed E-state index contributed by atoms with van der Waals surface area (Å²) < 4.78 is 5.61. The molecule has 0 aromatic carbocycles. The average molecular weight is 279 g/mol. The molecule has 0 aromatic heterocycles. The molecule has 3 N–H and O–H groups in total. The van der Waals surface area contributed by atoms with Gasteiger partial charge in [0.05, 0.1) is 12.0 Å². The van der Waals surface area contributed by atoms with E-state index < -0.39 is 5.97 Å². The molecule has 2 rings (SSSR count). The number of rotatable bonds is 7. The minimum atomic E-state index is -0.755. The van der Waals surface area contributed by atoms with Crippen LogP contribution in [0.15, 0.2) is 35.7 Å². The molecule has 20 heavy (non-hydrogen) atoms. The van der Waals surface area contributed by atoms with Crippen LogP contribution in [0.3, 0.4) is 0 Å². The molecule has 5 nitrogen and oxygen atoms in total. The maximum absolute atomic E-state index is 10.8. The lowest BCUT2D eigenvalue weighted by Gasteiger charge is -2.13. The summed E-state index contributed by atoms with van der Waals surface area (Å²) >= 11 is 0. The third kappa shape index (κ3) is 3.95. The molecule has 2 aliphatic rings. The van der Waals surface area contributed by atoms with Crippen LogP contribution >= 0.6 is 0 Å². The van der Waals surface area contributed by atoms with Gasteiger partial charge in [0, 0.05) is 18.0 Å². The van der Waals surface area contributed by atoms with E-state index in [4.69, 9.17) is 14.9 Å². The Morgan fingerprint density at radius 2 is 2.40 bits per heavy atom. The number of hydrogen-bond donors (Lipinski definition) is 3. The topological polar surface area (TPSA) is 82.1 Å². The molecule has 1 saturated heterocycles. The van der Waals surface area contributed by atoms with E-state index in [9.17, 15) is 4.79 Å². The van der Waals surface area contributed by atoms with E-state index in [1.165, 1.54) is 0 Å². The van der Waals surface area contributed by atoms with E-state index in [2.05, 4.69) is 5.32 Å². The summed E-state index contributed by atoms with van der Waals surface area (Å²) in [6.45, 7) is 1.85. The Morgan fingerprint density at radius 1 is 1.60 bits per heavy atom. The van der Waals surface area contributed by atoms with Gasteiger partial charge in [0.1, 0.15) is 6.10 Å². The summed E-state index contributed by atoms with van der Waals surface area (Å²) in [4.78, 5) is 10.8. The lowest BCUT2D eigenvalue weighted by atomic mass is 10.0. The third-order valence-electron chi connectivity index (χ3n) is 3.53. The van der Waals surface area contributed by atoms with Gasteiger partial charge in [0.2, 0.25) is 0 Å². The van der Waals surface area contributed by atoms with Gasteiger partial charge in [0.25, 0.3) is 0 Å². The maximum Gasteiger partial charge on any atom is 0.306 e. The van der Waals surface area contributed by atoms with E-state index in [1.807, 2.05) is 24.3 Å². The number of aliphatic hydroxyl groups excluding tert-OH is 1. The highest BCUT2D eigenvalue weighted by Crippen LogP contribution is 2.33. The molecule has 110 valence electrons. The second-order valence-electron chi connectivity index (χ2n) is 5.19. The number of ether oxygens (including phenoxy) is 1. The summed E-state index contributed by atoms with van der Waals surface area (Å²) in [6.07, 6.45) is 9.97. The predicted octanol–water partition coefficient (Wildman–Crippen LogP) is 1.56. The van der Waals surface area contributed by atoms with Crippen molar-refractivity contribution in [3.05, 3.63) is 35.7 Å². The molecule has 0 spiro atoms. The lowest BCUT2D eigenvalue weighted by molar-refractivity contribution is -0.141. The van der Waals surface area contributed by atoms with Crippen molar-refractivity contribution >= 4 is 5.97 Å². The van der Waals surface area contributed by atoms with E-state index >= 15 is 0 Å². The van der Waals surface area contributed by atoms with E-state index in [-0.39, 0.29) is 24.7 Å². The van der Waals surface area contributed by atoms with Gasteiger partial charge in [0.15, 0.2) is 0 Å². The quantitative estimate of drug-likeness (QED) is 0.616. The third-order valence-corrected chi connectivity index (χ3v) is 3.53. The summed E-state index contributed by atoms with van der Waals surface area (Å²) in [7, 11) is 0. The summed E-state index contributed by atoms with van der Waals surface area (Å²) in [5.41, 5.74) is 1.97. The molecule has 2 heterocycles. The second kappa shape index (κ2) is 6.72. The van der Waals surface area contributed by atoms with Gasteiger partial charge >= 0.3 is 5.97 Å². The van der Waals surface area contributed by atoms with Gasteiger partial charge in [-0.1, -0.05) is 19.1 Å². The summed E-state index contributed by atoms with van der Waals surface area (Å²) in [5, 5.41) is 20.9. The SMILES string of the molecule is CC(CCC1OC1C1=CC=CC(=CCCO)N1)C(=O)O. The Hall–Kier alpha value is -1.59. The number of carboxylic acid groups (broad SMARTS) is 1. The molecule has 3 unspecified atom stereocenters. The molecule has 5 heteroatoms. The van der Waals surface area contributed by atoms with Crippen LogP contribution in [-0.2, 0) is 9.53 Å². The first kappa shape index (κ1) is 14.8. The molecule has 3 atom stereocenters. The molecule has 2 aliphatic heterocycles. The van der Waals surface area contributed by atoms with Crippen LogP contribution in [0.4, 0.5) is 0 Å². The number of aliphatic carboxylic acids is 1. The first-order chi connectivity index (χ1) is 9.61. The van der Waals surface area contributed by atoms with Gasteiger partial charge in [-0.3, -0.25) is 4.79 Å². The van der Waals surface area contributed by atoms with Gasteiger partial charge in [-0.05, 0) is 31.4 Å². The molecule has 0 saturated carbocycles. The van der Waals surface area contributed by atoms with E-state index in [0.29, 0.717) is 12.8 Å². The predicted molar refractivity (Wildman–Crippen MR) is 74.8 cm³/mol. The van der Waals surface area contributed by atoms with Gasteiger partial charge < -0.3 is 20.3 Å². The van der Waals surface area contributed by atoms with Crippen LogP contribution in [0.25, 0.3) is 0 Å². The van der Waals surface area contributed by atoms with Crippen molar-refractivity contribution in [1.29, 1.82) is 0 Å². The van der Waals surface area contributed by atoms with Crippen LogP contribution in [0, 0.1) is 5.92 Å². The van der Waals surface area contributed by atoms with Gasteiger partial charge in [-0.2, -0.15) is 0 Å². The Balaban J connectivity index is 1.79. The Labute approximate surface area is 118 Å². The number of aliphatic hydroxyl groups is 1. The van der Waals surface area contributed by atoms with Crippen molar-refractivity contribution < 1.29 is 19.7 Å². The number of carboxylic acids is 1. The standard InChI is InChI=1S/C15H21NO4/c1-10(15(18)19)7-8-13-14(20-13)12-6-2-4-11(16-12)5-3-9-17/h2,4-6,10,13-14,16-17H,3,7-9H2,1H3,(H,18,19). The molecular weight excluding hydrogens is 258 g/mol. The number of dihydropyridines is 1. The number of carbonyl (C=O) groups is 1. The first-order valence-electron chi connectivity index (χ1n) is 6.96. The normalized spacial score (nSPS) is 27.9. The summed E-state index contributed by atoms with van der Waals surface area (Å²) in [5.74, 6) is -1.08. The molecule has 0 aliphatic carbocycles. The highest BCUT2D eigenvalue weighted by atomic mass is 16.6. The molecule has 0 aromatic rings. The van der Waals surface area contributed by atoms with Crippen molar-refractivity contribution in [2.45, 2.75) is 38.4 Å². The van der Waals surface area contributed by atoms with Crippen LogP contribution in [0.2, 0.25) is 0 Å². The lowest BCUT2D eigenvalue weighted by Crippen LogP contribution is -2.19. The smallest absolute Gasteiger partial charge is 0.306 e. The molecule has 0 radical (unpaired) electrons. The van der Waals surface area contributed by atoms with Gasteiger partial charge in [-0.15, -0.1) is 0 Å². The zero-order chi connectivity index (χ0) is 14.5. The molecular formula is C15H21NO4. The number of hydrogen-bond acceptors (Lipinski definition) is 4. The zero-order valence-corrected chi connectivity index (χ0v) is 11.6. The number of allylic oxidation sites excluding steroid dienone is 3. The first-order valence-corrected chi connectivity index (χ1v) is 6.96. The maximum atomic E-state index is 10.8. The Bertz CT molecular complexity index is 453. The summed E-state index contributed by atoms with van der Waals surface area (Å²) in [6, 6.07) is 0. The number of nitrogens with one attached hydrogen (secondary N) is 1. The van der Waals surface area contributed by atoms with E-state index in [1.54, 1.807) is 6.92 Å². The Kier molecular flexibility index (Phi) is 4.98. The van der Waals surface area contributed by atoms with Gasteiger partial charge in [-0.25, -0.2) is 0 Å². The van der Waals surface area contributed by atoms with Crippen molar-refractivity contribution in [1.82, 2.24) is 5.32 Å². The van der Waals surface area contributed by atoms with Crippen molar-refractivity contribution in [2.24, 2.45) is 5.92 Å². The van der Waals surface area contributed by atoms with Crippen LogP contribution in [-0.4, -0.2) is 35.0 Å². The minimum absolute atomic E-state index is 0.0403. The fourth-order valence-corrected chi connectivity index (χ4v) is 2.18. The highest BCUT2D eigenvalue weighted by Gasteiger charge is 2.42. The van der Waals surface area contributed by atoms with Crippen molar-refractivity contribution in [2.75, 3.05) is 6.61 Å². The molecule has 0 bridgehead atoms. The van der Waals surface area contributed by atoms with Crippen molar-refractivity contribution in [3.63, 3.8) is 0 Å². The monoisotopic (exact) mass is 279 g/mol. The van der Waals surface area contributed by atoms with Crippen LogP contribution < -0.4 is 5.32 Å². The number of epoxide rings is 1. The highest BCUT2D eigenvalue weighted by molar-refractivity contribution is 5.69. The fraction of sp³-hybridized carbons (Fsp3) is 0.533. The van der Waals surface area contributed by atoms with Crippen molar-refractivity contribution in [3.8, 4) is 0 Å². The van der Waals surface area contributed by atoms with E-state index in [0.717, 1.165) is 17.8 Å². The molecule has 1 fully saturated rings. The largest absolute Gasteiger partial charge is 0.481 e. The molecule has 0 amide bonds. The van der Waals surface area contributed by atoms with Crippen LogP contribution in [0.1, 0.15) is 26.2 Å². The minimum Gasteiger partial charge on any atom is -0.481 e.